The van der Waals surface area contributed by atoms with Crippen LogP contribution in [0.25, 0.3) is 0 Å². The van der Waals surface area contributed by atoms with Crippen LogP contribution < -0.4 is 14.8 Å². The van der Waals surface area contributed by atoms with Gasteiger partial charge in [-0.05, 0) is 24.7 Å². The second kappa shape index (κ2) is 5.75. The molecule has 1 aromatic carbocycles. The molecule has 0 radical (unpaired) electrons. The molecule has 1 unspecified atom stereocenters. The van der Waals surface area contributed by atoms with E-state index in [-0.39, 0.29) is 6.04 Å². The van der Waals surface area contributed by atoms with Crippen molar-refractivity contribution in [2.45, 2.75) is 6.04 Å². The van der Waals surface area contributed by atoms with Crippen LogP contribution in [0.3, 0.4) is 0 Å². The van der Waals surface area contributed by atoms with Crippen molar-refractivity contribution in [2.24, 2.45) is 7.05 Å². The van der Waals surface area contributed by atoms with Crippen molar-refractivity contribution in [3.8, 4) is 11.5 Å². The van der Waals surface area contributed by atoms with Crippen molar-refractivity contribution in [2.75, 3.05) is 21.3 Å². The smallest absolute Gasteiger partial charge is 0.161 e. The predicted octanol–water partition coefficient (Wildman–Crippen LogP) is 1.75. The van der Waals surface area contributed by atoms with Gasteiger partial charge in [-0.3, -0.25) is 0 Å². The molecule has 2 rings (SSSR count). The van der Waals surface area contributed by atoms with E-state index in [0.717, 1.165) is 22.8 Å². The molecule has 19 heavy (non-hydrogen) atoms. The lowest BCUT2D eigenvalue weighted by Crippen LogP contribution is -2.18. The lowest BCUT2D eigenvalue weighted by atomic mass is 10.0. The van der Waals surface area contributed by atoms with Gasteiger partial charge in [0.25, 0.3) is 0 Å². The van der Waals surface area contributed by atoms with Gasteiger partial charge in [-0.15, -0.1) is 0 Å². The standard InChI is InChI=1S/C14H19N3O2/c1-15-14(11-8-17(2)9-16-11)10-5-6-12(18-3)13(7-10)19-4/h5-9,14-15H,1-4H3. The summed E-state index contributed by atoms with van der Waals surface area (Å²) >= 11 is 0. The van der Waals surface area contributed by atoms with Crippen molar-refractivity contribution < 1.29 is 9.47 Å². The monoisotopic (exact) mass is 261 g/mol. The summed E-state index contributed by atoms with van der Waals surface area (Å²) in [4.78, 5) is 4.39. The van der Waals surface area contributed by atoms with Gasteiger partial charge in [-0.2, -0.15) is 0 Å². The number of rotatable bonds is 5. The van der Waals surface area contributed by atoms with Crippen LogP contribution in [0, 0.1) is 0 Å². The molecular weight excluding hydrogens is 242 g/mol. The molecule has 0 fully saturated rings. The summed E-state index contributed by atoms with van der Waals surface area (Å²) in [6, 6.07) is 5.91. The maximum absolute atomic E-state index is 5.33. The minimum absolute atomic E-state index is 0.0287. The fourth-order valence-electron chi connectivity index (χ4n) is 2.10. The molecule has 5 nitrogen and oxygen atoms in total. The number of methoxy groups -OCH3 is 2. The Bertz CT molecular complexity index is 551. The minimum atomic E-state index is 0.0287. The average molecular weight is 261 g/mol. The number of nitrogens with one attached hydrogen (secondary N) is 1. The number of hydrogen-bond donors (Lipinski definition) is 1. The van der Waals surface area contributed by atoms with Gasteiger partial charge < -0.3 is 19.4 Å². The molecule has 0 spiro atoms. The SMILES string of the molecule is CNC(c1ccc(OC)c(OC)c1)c1cn(C)cn1. The van der Waals surface area contributed by atoms with Gasteiger partial charge in [-0.25, -0.2) is 4.98 Å². The van der Waals surface area contributed by atoms with E-state index in [0.29, 0.717) is 0 Å². The van der Waals surface area contributed by atoms with E-state index < -0.39 is 0 Å². The topological polar surface area (TPSA) is 48.3 Å². The molecule has 0 aliphatic rings. The summed E-state index contributed by atoms with van der Waals surface area (Å²) in [5.41, 5.74) is 2.05. The molecule has 2 aromatic rings. The second-order valence-electron chi connectivity index (χ2n) is 4.30. The van der Waals surface area contributed by atoms with Crippen LogP contribution in [-0.2, 0) is 7.05 Å². The Kier molecular flexibility index (Phi) is 4.06. The molecule has 1 aromatic heterocycles. The molecule has 0 bridgehead atoms. The Hall–Kier alpha value is -2.01. The maximum atomic E-state index is 5.33. The van der Waals surface area contributed by atoms with Crippen molar-refractivity contribution in [3.05, 3.63) is 42.0 Å². The zero-order valence-electron chi connectivity index (χ0n) is 11.7. The van der Waals surface area contributed by atoms with Crippen molar-refractivity contribution >= 4 is 0 Å². The predicted molar refractivity (Wildman–Crippen MR) is 73.7 cm³/mol. The van der Waals surface area contributed by atoms with Crippen molar-refractivity contribution in [1.82, 2.24) is 14.9 Å². The van der Waals surface area contributed by atoms with Crippen LogP contribution >= 0.6 is 0 Å². The maximum Gasteiger partial charge on any atom is 0.161 e. The molecule has 0 saturated carbocycles. The van der Waals surface area contributed by atoms with Crippen LogP contribution in [0.15, 0.2) is 30.7 Å². The molecule has 0 amide bonds. The molecule has 0 aliphatic carbocycles. The summed E-state index contributed by atoms with van der Waals surface area (Å²) < 4.78 is 12.5. The zero-order valence-corrected chi connectivity index (χ0v) is 11.7. The second-order valence-corrected chi connectivity index (χ2v) is 4.30. The summed E-state index contributed by atoms with van der Waals surface area (Å²) in [5.74, 6) is 1.44. The largest absolute Gasteiger partial charge is 0.493 e. The number of benzene rings is 1. The number of aromatic nitrogens is 2. The van der Waals surface area contributed by atoms with Gasteiger partial charge >= 0.3 is 0 Å². The average Bonchev–Trinajstić information content (AvgIpc) is 2.86. The molecular formula is C14H19N3O2. The lowest BCUT2D eigenvalue weighted by molar-refractivity contribution is 0.354. The first kappa shape index (κ1) is 13.4. The highest BCUT2D eigenvalue weighted by Crippen LogP contribution is 2.31. The highest BCUT2D eigenvalue weighted by molar-refractivity contribution is 5.45. The highest BCUT2D eigenvalue weighted by Gasteiger charge is 2.16. The van der Waals surface area contributed by atoms with E-state index in [1.807, 2.05) is 43.1 Å². The Morgan fingerprint density at radius 2 is 1.95 bits per heavy atom. The van der Waals surface area contributed by atoms with E-state index in [1.165, 1.54) is 0 Å². The van der Waals surface area contributed by atoms with Crippen molar-refractivity contribution in [1.29, 1.82) is 0 Å². The fourth-order valence-corrected chi connectivity index (χ4v) is 2.10. The number of ether oxygens (including phenoxy) is 2. The molecule has 1 atom stereocenters. The third-order valence-corrected chi connectivity index (χ3v) is 3.05. The number of aryl methyl sites for hydroxylation is 1. The molecule has 102 valence electrons. The lowest BCUT2D eigenvalue weighted by Gasteiger charge is -2.16. The molecule has 0 saturated heterocycles. The Morgan fingerprint density at radius 1 is 1.21 bits per heavy atom. The summed E-state index contributed by atoms with van der Waals surface area (Å²) in [6.07, 6.45) is 3.79. The third kappa shape index (κ3) is 2.71. The summed E-state index contributed by atoms with van der Waals surface area (Å²) in [5, 5.41) is 3.26. The van der Waals surface area contributed by atoms with Crippen LogP contribution in [0.5, 0.6) is 11.5 Å². The first-order valence-electron chi connectivity index (χ1n) is 6.06. The first-order chi connectivity index (χ1) is 9.19. The number of nitrogens with zero attached hydrogens (tertiary/aromatic N) is 2. The van der Waals surface area contributed by atoms with E-state index in [2.05, 4.69) is 10.3 Å². The van der Waals surface area contributed by atoms with E-state index in [1.54, 1.807) is 20.5 Å². The molecule has 5 heteroatoms. The Morgan fingerprint density at radius 3 is 2.47 bits per heavy atom. The van der Waals surface area contributed by atoms with E-state index in [9.17, 15) is 0 Å². The summed E-state index contributed by atoms with van der Waals surface area (Å²) in [7, 11) is 7.14. The van der Waals surface area contributed by atoms with Gasteiger partial charge in [-0.1, -0.05) is 6.07 Å². The highest BCUT2D eigenvalue weighted by atomic mass is 16.5. The number of imidazole rings is 1. The van der Waals surface area contributed by atoms with E-state index in [4.69, 9.17) is 9.47 Å². The summed E-state index contributed by atoms with van der Waals surface area (Å²) in [6.45, 7) is 0. The zero-order chi connectivity index (χ0) is 13.8. The van der Waals surface area contributed by atoms with Gasteiger partial charge in [0.1, 0.15) is 0 Å². The molecule has 0 aliphatic heterocycles. The van der Waals surface area contributed by atoms with Gasteiger partial charge in [0.2, 0.25) is 0 Å². The van der Waals surface area contributed by atoms with Crippen LogP contribution in [0.4, 0.5) is 0 Å². The van der Waals surface area contributed by atoms with Crippen molar-refractivity contribution in [3.63, 3.8) is 0 Å². The Labute approximate surface area is 113 Å². The van der Waals surface area contributed by atoms with Gasteiger partial charge in [0, 0.05) is 13.2 Å². The molecule has 1 heterocycles. The quantitative estimate of drug-likeness (QED) is 0.890. The van der Waals surface area contributed by atoms with Crippen LogP contribution in [0.2, 0.25) is 0 Å². The molecule has 1 N–H and O–H groups in total. The van der Waals surface area contributed by atoms with Gasteiger partial charge in [0.05, 0.1) is 32.3 Å². The Balaban J connectivity index is 2.38. The third-order valence-electron chi connectivity index (χ3n) is 3.05. The van der Waals surface area contributed by atoms with Crippen LogP contribution in [-0.4, -0.2) is 30.8 Å². The van der Waals surface area contributed by atoms with Gasteiger partial charge in [0.15, 0.2) is 11.5 Å². The van der Waals surface area contributed by atoms with Crippen LogP contribution in [0.1, 0.15) is 17.3 Å². The number of hydrogen-bond acceptors (Lipinski definition) is 4. The minimum Gasteiger partial charge on any atom is -0.493 e. The van der Waals surface area contributed by atoms with E-state index >= 15 is 0 Å². The normalized spacial score (nSPS) is 12.2. The fraction of sp³-hybridized carbons (Fsp3) is 0.357. The first-order valence-corrected chi connectivity index (χ1v) is 6.06.